The molecule has 0 saturated heterocycles. The zero-order valence-electron chi connectivity index (χ0n) is 14.8. The number of anilines is 1. The second-order valence-electron chi connectivity index (χ2n) is 6.93. The molecular formula is C20H22N4O2. The first kappa shape index (κ1) is 16.6. The van der Waals surface area contributed by atoms with Crippen LogP contribution in [0.15, 0.2) is 46.3 Å². The molecule has 0 bridgehead atoms. The van der Waals surface area contributed by atoms with Gasteiger partial charge in [0.1, 0.15) is 0 Å². The number of hydrogen-bond acceptors (Lipinski definition) is 4. The summed E-state index contributed by atoms with van der Waals surface area (Å²) in [7, 11) is 0. The molecule has 6 nitrogen and oxygen atoms in total. The van der Waals surface area contributed by atoms with Gasteiger partial charge in [-0.3, -0.25) is 14.6 Å². The highest BCUT2D eigenvalue weighted by molar-refractivity contribution is 5.95. The van der Waals surface area contributed by atoms with Crippen LogP contribution in [0, 0.1) is 0 Å². The molecular weight excluding hydrogens is 328 g/mol. The maximum atomic E-state index is 12.7. The predicted octanol–water partition coefficient (Wildman–Crippen LogP) is 2.77. The monoisotopic (exact) mass is 350 g/mol. The first-order valence-electron chi connectivity index (χ1n) is 9.05. The van der Waals surface area contributed by atoms with Crippen molar-refractivity contribution >= 4 is 17.3 Å². The lowest BCUT2D eigenvalue weighted by atomic mass is 9.91. The van der Waals surface area contributed by atoms with E-state index in [2.05, 4.69) is 15.4 Å². The molecule has 1 unspecified atom stereocenters. The number of benzene rings is 1. The molecule has 0 fully saturated rings. The number of H-pyrrole nitrogens is 1. The smallest absolute Gasteiger partial charge is 0.251 e. The summed E-state index contributed by atoms with van der Waals surface area (Å²) in [5.41, 5.74) is 4.62. The van der Waals surface area contributed by atoms with Gasteiger partial charge in [-0.2, -0.15) is 5.10 Å². The Kier molecular flexibility index (Phi) is 4.32. The number of carbonyl (C=O) groups is 1. The fourth-order valence-electron chi connectivity index (χ4n) is 3.64. The van der Waals surface area contributed by atoms with Gasteiger partial charge in [-0.1, -0.05) is 0 Å². The van der Waals surface area contributed by atoms with Gasteiger partial charge in [0.15, 0.2) is 0 Å². The minimum atomic E-state index is -0.0956. The zero-order chi connectivity index (χ0) is 18.1. The number of aryl methyl sites for hydroxylation is 1. The van der Waals surface area contributed by atoms with Crippen LogP contribution in [-0.4, -0.2) is 23.1 Å². The van der Waals surface area contributed by atoms with E-state index >= 15 is 0 Å². The van der Waals surface area contributed by atoms with Crippen LogP contribution in [0.1, 0.15) is 53.8 Å². The summed E-state index contributed by atoms with van der Waals surface area (Å²) in [6, 6.07) is 10.8. The normalized spacial score (nSPS) is 19.0. The third kappa shape index (κ3) is 3.27. The summed E-state index contributed by atoms with van der Waals surface area (Å²) in [6.07, 6.45) is 3.65. The van der Waals surface area contributed by atoms with Gasteiger partial charge in [-0.05, 0) is 62.1 Å². The quantitative estimate of drug-likeness (QED) is 0.893. The molecule has 26 heavy (non-hydrogen) atoms. The Morgan fingerprint density at radius 1 is 1.19 bits per heavy atom. The highest BCUT2D eigenvalue weighted by Gasteiger charge is 2.23. The van der Waals surface area contributed by atoms with Crippen LogP contribution < -0.4 is 15.9 Å². The zero-order valence-corrected chi connectivity index (χ0v) is 14.8. The second kappa shape index (κ2) is 6.78. The number of pyridine rings is 1. The van der Waals surface area contributed by atoms with E-state index in [9.17, 15) is 9.59 Å². The van der Waals surface area contributed by atoms with E-state index in [1.165, 1.54) is 6.07 Å². The Balaban J connectivity index is 1.48. The van der Waals surface area contributed by atoms with Gasteiger partial charge in [0, 0.05) is 36.0 Å². The Labute approximate surface area is 151 Å². The molecule has 1 atom stereocenters. The minimum absolute atomic E-state index is 0.0615. The fraction of sp³-hybridized carbons (Fsp3) is 0.350. The van der Waals surface area contributed by atoms with Gasteiger partial charge >= 0.3 is 0 Å². The van der Waals surface area contributed by atoms with E-state index in [0.29, 0.717) is 5.56 Å². The molecule has 0 saturated carbocycles. The number of hydrazone groups is 1. The average molecular weight is 350 g/mol. The van der Waals surface area contributed by atoms with Crippen molar-refractivity contribution in [2.75, 3.05) is 11.6 Å². The highest BCUT2D eigenvalue weighted by atomic mass is 16.1. The number of carbonyl (C=O) groups excluding carboxylic acids is 1. The van der Waals surface area contributed by atoms with Crippen LogP contribution in [0.2, 0.25) is 0 Å². The molecule has 2 N–H and O–H groups in total. The first-order chi connectivity index (χ1) is 12.6. The summed E-state index contributed by atoms with van der Waals surface area (Å²) < 4.78 is 0. The SMILES string of the molecule is CC1=NN(c2ccc(C(=O)NC3CCCc4[nH]c(=O)ccc43)cc2)CC1. The van der Waals surface area contributed by atoms with Crippen LogP contribution in [0.4, 0.5) is 5.69 Å². The average Bonchev–Trinajstić information content (AvgIpc) is 3.08. The fourth-order valence-corrected chi connectivity index (χ4v) is 3.64. The van der Waals surface area contributed by atoms with Gasteiger partial charge in [-0.15, -0.1) is 0 Å². The number of fused-ring (bicyclic) bond motifs is 1. The third-order valence-corrected chi connectivity index (χ3v) is 5.04. The van der Waals surface area contributed by atoms with Crippen molar-refractivity contribution < 1.29 is 4.79 Å². The van der Waals surface area contributed by atoms with E-state index in [4.69, 9.17) is 0 Å². The lowest BCUT2D eigenvalue weighted by Gasteiger charge is -2.26. The molecule has 6 heteroatoms. The van der Waals surface area contributed by atoms with Crippen LogP contribution in [0.25, 0.3) is 0 Å². The molecule has 2 aliphatic rings. The van der Waals surface area contributed by atoms with Crippen LogP contribution >= 0.6 is 0 Å². The number of aromatic amines is 1. The Morgan fingerprint density at radius 3 is 2.73 bits per heavy atom. The van der Waals surface area contributed by atoms with Crippen molar-refractivity contribution in [1.82, 2.24) is 10.3 Å². The van der Waals surface area contributed by atoms with E-state index in [1.807, 2.05) is 42.3 Å². The first-order valence-corrected chi connectivity index (χ1v) is 9.05. The van der Waals surface area contributed by atoms with E-state index in [-0.39, 0.29) is 17.5 Å². The maximum Gasteiger partial charge on any atom is 0.251 e. The summed E-state index contributed by atoms with van der Waals surface area (Å²) in [6.45, 7) is 2.91. The van der Waals surface area contributed by atoms with Gasteiger partial charge < -0.3 is 10.3 Å². The summed E-state index contributed by atoms with van der Waals surface area (Å²) >= 11 is 0. The van der Waals surface area contributed by atoms with Gasteiger partial charge in [0.05, 0.1) is 11.7 Å². The third-order valence-electron chi connectivity index (χ3n) is 5.04. The predicted molar refractivity (Wildman–Crippen MR) is 102 cm³/mol. The molecule has 4 rings (SSSR count). The van der Waals surface area contributed by atoms with Crippen molar-refractivity contribution in [1.29, 1.82) is 0 Å². The Morgan fingerprint density at radius 2 is 2.00 bits per heavy atom. The van der Waals surface area contributed by atoms with Gasteiger partial charge in [0.2, 0.25) is 5.56 Å². The number of nitrogens with one attached hydrogen (secondary N) is 2. The van der Waals surface area contributed by atoms with Crippen molar-refractivity contribution in [3.8, 4) is 0 Å². The van der Waals surface area contributed by atoms with E-state index in [0.717, 1.165) is 54.9 Å². The molecule has 134 valence electrons. The molecule has 1 aliphatic carbocycles. The number of nitrogens with zero attached hydrogens (tertiary/aromatic N) is 2. The number of hydrogen-bond donors (Lipinski definition) is 2. The van der Waals surface area contributed by atoms with Crippen molar-refractivity contribution in [3.63, 3.8) is 0 Å². The van der Waals surface area contributed by atoms with Gasteiger partial charge in [0.25, 0.3) is 5.91 Å². The summed E-state index contributed by atoms with van der Waals surface area (Å²) in [5, 5.41) is 9.55. The molecule has 1 aliphatic heterocycles. The van der Waals surface area contributed by atoms with E-state index in [1.54, 1.807) is 0 Å². The largest absolute Gasteiger partial charge is 0.345 e. The number of rotatable bonds is 3. The number of amides is 1. The van der Waals surface area contributed by atoms with Crippen molar-refractivity contribution in [2.24, 2.45) is 5.10 Å². The lowest BCUT2D eigenvalue weighted by Crippen LogP contribution is -2.32. The molecule has 0 spiro atoms. The Bertz CT molecular complexity index is 914. The molecule has 1 aromatic carbocycles. The minimum Gasteiger partial charge on any atom is -0.345 e. The van der Waals surface area contributed by atoms with Crippen LogP contribution in [0.3, 0.4) is 0 Å². The van der Waals surface area contributed by atoms with Crippen molar-refractivity contribution in [2.45, 2.75) is 38.6 Å². The molecule has 2 aromatic rings. The molecule has 1 aromatic heterocycles. The maximum absolute atomic E-state index is 12.7. The highest BCUT2D eigenvalue weighted by Crippen LogP contribution is 2.28. The number of aromatic nitrogens is 1. The van der Waals surface area contributed by atoms with Crippen LogP contribution in [-0.2, 0) is 6.42 Å². The molecule has 0 radical (unpaired) electrons. The summed E-state index contributed by atoms with van der Waals surface area (Å²) in [4.78, 5) is 27.0. The molecule has 1 amide bonds. The summed E-state index contributed by atoms with van der Waals surface area (Å²) in [5.74, 6) is -0.0956. The topological polar surface area (TPSA) is 77.6 Å². The second-order valence-corrected chi connectivity index (χ2v) is 6.93. The van der Waals surface area contributed by atoms with Crippen molar-refractivity contribution in [3.05, 3.63) is 63.6 Å². The standard InChI is InChI=1S/C20H22N4O2/c1-13-11-12-24(23-13)15-7-5-14(6-8-15)20(26)22-18-4-2-3-17-16(18)9-10-19(25)21-17/h5-10,18H,2-4,11-12H2,1H3,(H,21,25)(H,22,26). The van der Waals surface area contributed by atoms with E-state index < -0.39 is 0 Å². The Hall–Kier alpha value is -2.89. The van der Waals surface area contributed by atoms with Crippen LogP contribution in [0.5, 0.6) is 0 Å². The van der Waals surface area contributed by atoms with Gasteiger partial charge in [-0.25, -0.2) is 0 Å². The lowest BCUT2D eigenvalue weighted by molar-refractivity contribution is 0.0932. The molecule has 2 heterocycles.